The Kier molecular flexibility index (Phi) is 6.82. The normalized spacial score (nSPS) is 11.1. The van der Waals surface area contributed by atoms with Crippen LogP contribution in [-0.2, 0) is 10.0 Å². The monoisotopic (exact) mass is 514 g/mol. The molecule has 11 heteroatoms. The summed E-state index contributed by atoms with van der Waals surface area (Å²) in [7, 11) is -2.25. The third-order valence-electron chi connectivity index (χ3n) is 4.78. The minimum absolute atomic E-state index is 0.0898. The first-order valence-corrected chi connectivity index (χ1v) is 12.6. The molecule has 0 aliphatic carbocycles. The number of carbonyl (C=O) groups is 1. The molecule has 0 aliphatic rings. The molecule has 174 valence electrons. The highest BCUT2D eigenvalue weighted by atomic mass is 35.5. The molecule has 1 amide bonds. The number of benzene rings is 3. The van der Waals surface area contributed by atoms with Crippen molar-refractivity contribution in [1.82, 2.24) is 10.2 Å². The minimum atomic E-state index is -3.83. The number of hydrogen-bond acceptors (Lipinski definition) is 7. The fourth-order valence-electron chi connectivity index (χ4n) is 2.98. The topological polar surface area (TPSA) is 110 Å². The van der Waals surface area contributed by atoms with Crippen LogP contribution in [0.5, 0.6) is 5.75 Å². The van der Waals surface area contributed by atoms with E-state index in [1.807, 2.05) is 19.1 Å². The number of aryl methyl sites for hydroxylation is 1. The van der Waals surface area contributed by atoms with E-state index in [4.69, 9.17) is 16.3 Å². The highest BCUT2D eigenvalue weighted by molar-refractivity contribution is 7.92. The van der Waals surface area contributed by atoms with Gasteiger partial charge in [0.25, 0.3) is 15.9 Å². The molecule has 4 aromatic rings. The molecule has 0 aliphatic heterocycles. The van der Waals surface area contributed by atoms with Crippen molar-refractivity contribution in [3.05, 3.63) is 82.9 Å². The first-order valence-electron chi connectivity index (χ1n) is 9.93. The number of amides is 1. The highest BCUT2D eigenvalue weighted by Crippen LogP contribution is 2.29. The van der Waals surface area contributed by atoms with Crippen molar-refractivity contribution in [1.29, 1.82) is 0 Å². The summed E-state index contributed by atoms with van der Waals surface area (Å²) in [6.45, 7) is 1.87. The molecule has 0 radical (unpaired) electrons. The summed E-state index contributed by atoms with van der Waals surface area (Å²) in [5, 5.41) is 11.8. The first-order chi connectivity index (χ1) is 16.2. The number of ether oxygens (including phenoxy) is 1. The molecule has 0 bridgehead atoms. The lowest BCUT2D eigenvalue weighted by atomic mass is 10.2. The van der Waals surface area contributed by atoms with Crippen LogP contribution in [0.25, 0.3) is 10.6 Å². The molecule has 1 aromatic heterocycles. The van der Waals surface area contributed by atoms with Crippen molar-refractivity contribution in [2.45, 2.75) is 11.8 Å². The number of nitrogens with zero attached hydrogens (tertiary/aromatic N) is 2. The second-order valence-electron chi connectivity index (χ2n) is 7.21. The Morgan fingerprint density at radius 1 is 1.00 bits per heavy atom. The Bertz CT molecular complexity index is 1440. The van der Waals surface area contributed by atoms with Crippen LogP contribution in [0.3, 0.4) is 0 Å². The lowest BCUT2D eigenvalue weighted by molar-refractivity contribution is 0.102. The van der Waals surface area contributed by atoms with E-state index in [-0.39, 0.29) is 26.3 Å². The molecule has 0 fully saturated rings. The van der Waals surface area contributed by atoms with Crippen LogP contribution < -0.4 is 14.8 Å². The number of sulfonamides is 1. The van der Waals surface area contributed by atoms with Crippen molar-refractivity contribution in [2.24, 2.45) is 0 Å². The summed E-state index contributed by atoms with van der Waals surface area (Å²) in [6.07, 6.45) is 0. The van der Waals surface area contributed by atoms with Crippen LogP contribution in [0.4, 0.5) is 10.8 Å². The molecule has 0 saturated carbocycles. The van der Waals surface area contributed by atoms with E-state index in [9.17, 15) is 13.2 Å². The van der Waals surface area contributed by atoms with Gasteiger partial charge in [-0.05, 0) is 61.5 Å². The van der Waals surface area contributed by atoms with E-state index >= 15 is 0 Å². The Labute approximate surface area is 205 Å². The average molecular weight is 515 g/mol. The third kappa shape index (κ3) is 5.36. The quantitative estimate of drug-likeness (QED) is 0.349. The number of nitrogens with one attached hydrogen (secondary N) is 2. The Balaban J connectivity index is 1.51. The van der Waals surface area contributed by atoms with Gasteiger partial charge >= 0.3 is 0 Å². The molecule has 4 rings (SSSR count). The van der Waals surface area contributed by atoms with Crippen LogP contribution in [0.1, 0.15) is 15.9 Å². The van der Waals surface area contributed by atoms with E-state index in [2.05, 4.69) is 20.2 Å². The molecule has 0 unspecified atom stereocenters. The van der Waals surface area contributed by atoms with Crippen molar-refractivity contribution < 1.29 is 17.9 Å². The molecular formula is C23H19ClN4O4S2. The molecule has 8 nitrogen and oxygen atoms in total. The Morgan fingerprint density at radius 3 is 2.38 bits per heavy atom. The highest BCUT2D eigenvalue weighted by Gasteiger charge is 2.18. The van der Waals surface area contributed by atoms with E-state index in [0.29, 0.717) is 10.8 Å². The van der Waals surface area contributed by atoms with Crippen molar-refractivity contribution in [3.63, 3.8) is 0 Å². The van der Waals surface area contributed by atoms with Gasteiger partial charge in [-0.3, -0.25) is 14.8 Å². The van der Waals surface area contributed by atoms with E-state index < -0.39 is 15.9 Å². The van der Waals surface area contributed by atoms with Crippen LogP contribution in [0.2, 0.25) is 5.02 Å². The molecule has 0 saturated heterocycles. The van der Waals surface area contributed by atoms with Gasteiger partial charge < -0.3 is 4.74 Å². The van der Waals surface area contributed by atoms with Crippen LogP contribution in [0, 0.1) is 6.92 Å². The van der Waals surface area contributed by atoms with E-state index in [1.165, 1.54) is 41.7 Å². The first kappa shape index (κ1) is 23.7. The van der Waals surface area contributed by atoms with Gasteiger partial charge in [-0.1, -0.05) is 40.6 Å². The van der Waals surface area contributed by atoms with Crippen LogP contribution in [0.15, 0.2) is 71.6 Å². The van der Waals surface area contributed by atoms with Gasteiger partial charge in [0.1, 0.15) is 10.8 Å². The average Bonchev–Trinajstić information content (AvgIpc) is 3.29. The fraction of sp³-hybridized carbons (Fsp3) is 0.0870. The molecule has 0 spiro atoms. The summed E-state index contributed by atoms with van der Waals surface area (Å²) >= 11 is 7.40. The zero-order chi connectivity index (χ0) is 24.3. The summed E-state index contributed by atoms with van der Waals surface area (Å²) in [6, 6.07) is 18.0. The summed E-state index contributed by atoms with van der Waals surface area (Å²) in [5.41, 5.74) is 2.05. The lowest BCUT2D eigenvalue weighted by Crippen LogP contribution is -2.15. The van der Waals surface area contributed by atoms with Gasteiger partial charge in [-0.25, -0.2) is 8.42 Å². The number of carbonyl (C=O) groups excluding carboxylic acids is 1. The number of rotatable bonds is 7. The van der Waals surface area contributed by atoms with Gasteiger partial charge in [0.15, 0.2) is 0 Å². The third-order valence-corrected chi connectivity index (χ3v) is 7.39. The van der Waals surface area contributed by atoms with Gasteiger partial charge in [-0.15, -0.1) is 10.2 Å². The Morgan fingerprint density at radius 2 is 1.71 bits per heavy atom. The van der Waals surface area contributed by atoms with E-state index in [1.54, 1.807) is 31.4 Å². The van der Waals surface area contributed by atoms with Crippen LogP contribution >= 0.6 is 22.9 Å². The fourth-order valence-corrected chi connectivity index (χ4v) is 4.98. The number of anilines is 2. The van der Waals surface area contributed by atoms with Gasteiger partial charge in [0, 0.05) is 11.3 Å². The van der Waals surface area contributed by atoms with Gasteiger partial charge in [-0.2, -0.15) is 0 Å². The van der Waals surface area contributed by atoms with E-state index in [0.717, 1.165) is 11.1 Å². The molecule has 3 aromatic carbocycles. The van der Waals surface area contributed by atoms with Gasteiger partial charge in [0.05, 0.1) is 22.6 Å². The lowest BCUT2D eigenvalue weighted by Gasteiger charge is -2.11. The summed E-state index contributed by atoms with van der Waals surface area (Å²) in [4.78, 5) is 12.9. The smallest absolute Gasteiger partial charge is 0.261 e. The summed E-state index contributed by atoms with van der Waals surface area (Å²) < 4.78 is 33.0. The second-order valence-corrected chi connectivity index (χ2v) is 10.3. The molecule has 1 heterocycles. The summed E-state index contributed by atoms with van der Waals surface area (Å²) in [5.74, 6) is 0.174. The van der Waals surface area contributed by atoms with Gasteiger partial charge in [0.2, 0.25) is 5.13 Å². The predicted octanol–water partition coefficient (Wildman–Crippen LogP) is 5.23. The molecular weight excluding hydrogens is 496 g/mol. The number of halogens is 1. The maximum absolute atomic E-state index is 12.8. The molecule has 0 atom stereocenters. The second kappa shape index (κ2) is 9.80. The number of hydrogen-bond donors (Lipinski definition) is 2. The number of aromatic nitrogens is 2. The maximum Gasteiger partial charge on any atom is 0.261 e. The number of methoxy groups -OCH3 is 1. The minimum Gasteiger partial charge on any atom is -0.497 e. The largest absolute Gasteiger partial charge is 0.497 e. The zero-order valence-electron chi connectivity index (χ0n) is 18.1. The maximum atomic E-state index is 12.8. The standard InChI is InChI=1S/C23H19ClN4O4S2/c1-14-3-10-18(11-4-14)34(30,31)28-16-7-12-20(24)19(13-16)21(29)25-23-27-26-22(33-23)15-5-8-17(32-2)9-6-15/h3-13,28H,1-2H3,(H,25,27,29). The van der Waals surface area contributed by atoms with Crippen LogP contribution in [-0.4, -0.2) is 31.6 Å². The molecule has 34 heavy (non-hydrogen) atoms. The van der Waals surface area contributed by atoms with Crippen molar-refractivity contribution in [3.8, 4) is 16.3 Å². The molecule has 2 N–H and O–H groups in total. The zero-order valence-corrected chi connectivity index (χ0v) is 20.5. The predicted molar refractivity (Wildman–Crippen MR) is 133 cm³/mol. The SMILES string of the molecule is COc1ccc(-c2nnc(NC(=O)c3cc(NS(=O)(=O)c4ccc(C)cc4)ccc3Cl)s2)cc1. The van der Waals surface area contributed by atoms with Crippen molar-refractivity contribution >= 4 is 49.7 Å². The van der Waals surface area contributed by atoms with Crippen molar-refractivity contribution in [2.75, 3.05) is 17.1 Å². The Hall–Kier alpha value is -3.47.